The van der Waals surface area contributed by atoms with Gasteiger partial charge in [0, 0.05) is 16.1 Å². The monoisotopic (exact) mass is 358 g/mol. The average molecular weight is 359 g/mol. The van der Waals surface area contributed by atoms with Gasteiger partial charge in [-0.05, 0) is 24.3 Å². The molecule has 21 heavy (non-hydrogen) atoms. The van der Waals surface area contributed by atoms with Crippen LogP contribution in [0, 0.1) is 5.82 Å². The lowest BCUT2D eigenvalue weighted by Crippen LogP contribution is -2.40. The standard InChI is InChI=1S/C13H12BrFN2O4/c14-9-2-3-10(15)8(5-9)1-4-12(19)17(6-11(16)18)7-13(20)21/h1-5H,6-7H2,(H2,16,18)(H,20,21)/b4-1+. The second kappa shape index (κ2) is 7.53. The number of carboxylic acids is 1. The van der Waals surface area contributed by atoms with Gasteiger partial charge in [0.05, 0.1) is 0 Å². The van der Waals surface area contributed by atoms with Crippen LogP contribution in [0.3, 0.4) is 0 Å². The van der Waals surface area contributed by atoms with E-state index in [1.807, 2.05) is 0 Å². The minimum absolute atomic E-state index is 0.145. The molecule has 6 nitrogen and oxygen atoms in total. The van der Waals surface area contributed by atoms with Crippen LogP contribution in [0.4, 0.5) is 4.39 Å². The molecule has 0 spiro atoms. The highest BCUT2D eigenvalue weighted by Crippen LogP contribution is 2.16. The number of hydrogen-bond acceptors (Lipinski definition) is 3. The molecule has 0 aromatic heterocycles. The van der Waals surface area contributed by atoms with Crippen molar-refractivity contribution in [2.24, 2.45) is 5.73 Å². The van der Waals surface area contributed by atoms with E-state index in [1.165, 1.54) is 24.3 Å². The van der Waals surface area contributed by atoms with Crippen molar-refractivity contribution < 1.29 is 23.9 Å². The van der Waals surface area contributed by atoms with Crippen LogP contribution in [0.25, 0.3) is 6.08 Å². The average Bonchev–Trinajstić information content (AvgIpc) is 2.37. The Morgan fingerprint density at radius 3 is 2.57 bits per heavy atom. The van der Waals surface area contributed by atoms with Gasteiger partial charge >= 0.3 is 5.97 Å². The number of nitrogens with zero attached hydrogens (tertiary/aromatic N) is 1. The summed E-state index contributed by atoms with van der Waals surface area (Å²) >= 11 is 3.16. The molecule has 2 amide bonds. The molecule has 1 rings (SSSR count). The van der Waals surface area contributed by atoms with Crippen molar-refractivity contribution in [3.05, 3.63) is 40.1 Å². The molecule has 0 radical (unpaired) electrons. The van der Waals surface area contributed by atoms with Crippen LogP contribution in [0.1, 0.15) is 5.56 Å². The van der Waals surface area contributed by atoms with Crippen molar-refractivity contribution in [2.75, 3.05) is 13.1 Å². The summed E-state index contributed by atoms with van der Waals surface area (Å²) in [5.41, 5.74) is 5.09. The Balaban J connectivity index is 2.89. The molecule has 3 N–H and O–H groups in total. The highest BCUT2D eigenvalue weighted by atomic mass is 79.9. The molecule has 0 aliphatic heterocycles. The smallest absolute Gasteiger partial charge is 0.323 e. The van der Waals surface area contributed by atoms with Crippen LogP contribution in [0.15, 0.2) is 28.7 Å². The van der Waals surface area contributed by atoms with E-state index in [9.17, 15) is 18.8 Å². The first-order chi connectivity index (χ1) is 9.79. The number of rotatable bonds is 6. The number of carbonyl (C=O) groups is 3. The Bertz CT molecular complexity index is 588. The normalized spacial score (nSPS) is 10.6. The maximum atomic E-state index is 13.5. The Kier molecular flexibility index (Phi) is 6.04. The van der Waals surface area contributed by atoms with E-state index in [4.69, 9.17) is 10.8 Å². The van der Waals surface area contributed by atoms with Gasteiger partial charge in [-0.1, -0.05) is 15.9 Å². The molecular weight excluding hydrogens is 347 g/mol. The van der Waals surface area contributed by atoms with Crippen LogP contribution in [-0.4, -0.2) is 40.9 Å². The molecule has 0 bridgehead atoms. The third-order valence-corrected chi connectivity index (χ3v) is 2.84. The second-order valence-electron chi connectivity index (χ2n) is 4.05. The maximum absolute atomic E-state index is 13.5. The molecule has 1 aromatic rings. The summed E-state index contributed by atoms with van der Waals surface area (Å²) in [7, 11) is 0. The first-order valence-electron chi connectivity index (χ1n) is 5.71. The van der Waals surface area contributed by atoms with E-state index >= 15 is 0 Å². The van der Waals surface area contributed by atoms with Crippen LogP contribution in [0.5, 0.6) is 0 Å². The molecule has 0 aliphatic carbocycles. The summed E-state index contributed by atoms with van der Waals surface area (Å²) in [4.78, 5) is 34.0. The number of amides is 2. The highest BCUT2D eigenvalue weighted by molar-refractivity contribution is 9.10. The molecule has 0 fully saturated rings. The molecule has 0 heterocycles. The van der Waals surface area contributed by atoms with Crippen molar-refractivity contribution in [1.29, 1.82) is 0 Å². The maximum Gasteiger partial charge on any atom is 0.323 e. The lowest BCUT2D eigenvalue weighted by molar-refractivity contribution is -0.143. The second-order valence-corrected chi connectivity index (χ2v) is 4.97. The number of aliphatic carboxylic acids is 1. The fourth-order valence-corrected chi connectivity index (χ4v) is 1.85. The Hall–Kier alpha value is -2.22. The van der Waals surface area contributed by atoms with Crippen molar-refractivity contribution in [2.45, 2.75) is 0 Å². The van der Waals surface area contributed by atoms with Gasteiger partial charge < -0.3 is 15.7 Å². The number of halogens is 2. The molecule has 0 saturated carbocycles. The van der Waals surface area contributed by atoms with E-state index in [-0.39, 0.29) is 5.56 Å². The first kappa shape index (κ1) is 16.8. The molecule has 112 valence electrons. The SMILES string of the molecule is NC(=O)CN(CC(=O)O)C(=O)/C=C/c1cc(Br)ccc1F. The summed E-state index contributed by atoms with van der Waals surface area (Å²) in [6.45, 7) is -1.20. The van der Waals surface area contributed by atoms with Gasteiger partial charge in [0.25, 0.3) is 0 Å². The number of nitrogens with two attached hydrogens (primary N) is 1. The van der Waals surface area contributed by atoms with E-state index < -0.39 is 36.7 Å². The number of benzene rings is 1. The zero-order valence-electron chi connectivity index (χ0n) is 10.8. The van der Waals surface area contributed by atoms with E-state index in [0.717, 1.165) is 11.0 Å². The number of carboxylic acid groups (broad SMARTS) is 1. The van der Waals surface area contributed by atoms with E-state index in [1.54, 1.807) is 0 Å². The van der Waals surface area contributed by atoms with Crippen molar-refractivity contribution in [3.63, 3.8) is 0 Å². The summed E-state index contributed by atoms with van der Waals surface area (Å²) in [5, 5.41) is 8.68. The minimum atomic E-state index is -1.29. The lowest BCUT2D eigenvalue weighted by Gasteiger charge is -2.16. The molecule has 0 saturated heterocycles. The van der Waals surface area contributed by atoms with Crippen LogP contribution < -0.4 is 5.73 Å². The third-order valence-electron chi connectivity index (χ3n) is 2.35. The Morgan fingerprint density at radius 2 is 2.00 bits per heavy atom. The van der Waals surface area contributed by atoms with Gasteiger partial charge in [-0.3, -0.25) is 14.4 Å². The molecule has 0 unspecified atom stereocenters. The quantitative estimate of drug-likeness (QED) is 0.740. The van der Waals surface area contributed by atoms with Crippen LogP contribution in [-0.2, 0) is 14.4 Å². The Morgan fingerprint density at radius 1 is 1.33 bits per heavy atom. The molecule has 0 aliphatic rings. The fraction of sp³-hybridized carbons (Fsp3) is 0.154. The summed E-state index contributed by atoms with van der Waals surface area (Å²) in [5.74, 6) is -3.42. The van der Waals surface area contributed by atoms with Crippen molar-refractivity contribution in [1.82, 2.24) is 4.90 Å². The first-order valence-corrected chi connectivity index (χ1v) is 6.51. The topological polar surface area (TPSA) is 101 Å². The molecule has 0 atom stereocenters. The van der Waals surface area contributed by atoms with Crippen molar-refractivity contribution in [3.8, 4) is 0 Å². The predicted molar refractivity (Wildman–Crippen MR) is 76.5 cm³/mol. The largest absolute Gasteiger partial charge is 0.480 e. The number of hydrogen-bond donors (Lipinski definition) is 2. The van der Waals surface area contributed by atoms with Crippen molar-refractivity contribution >= 4 is 39.8 Å². The van der Waals surface area contributed by atoms with E-state index in [2.05, 4.69) is 15.9 Å². The Labute approximate surface area is 128 Å². The molecular formula is C13H12BrFN2O4. The minimum Gasteiger partial charge on any atom is -0.480 e. The van der Waals surface area contributed by atoms with Crippen LogP contribution >= 0.6 is 15.9 Å². The predicted octanol–water partition coefficient (Wildman–Crippen LogP) is 1.000. The van der Waals surface area contributed by atoms with Gasteiger partial charge in [-0.15, -0.1) is 0 Å². The summed E-state index contributed by atoms with van der Waals surface area (Å²) in [6, 6.07) is 4.17. The molecule has 1 aromatic carbocycles. The zero-order valence-corrected chi connectivity index (χ0v) is 12.3. The summed E-state index contributed by atoms with van der Waals surface area (Å²) < 4.78 is 14.1. The van der Waals surface area contributed by atoms with Gasteiger partial charge in [0.1, 0.15) is 18.9 Å². The van der Waals surface area contributed by atoms with Gasteiger partial charge in [-0.25, -0.2) is 4.39 Å². The van der Waals surface area contributed by atoms with Gasteiger partial charge in [0.2, 0.25) is 11.8 Å². The van der Waals surface area contributed by atoms with Gasteiger partial charge in [0.15, 0.2) is 0 Å². The van der Waals surface area contributed by atoms with Gasteiger partial charge in [-0.2, -0.15) is 0 Å². The van der Waals surface area contributed by atoms with Crippen LogP contribution in [0.2, 0.25) is 0 Å². The number of carbonyl (C=O) groups excluding carboxylic acids is 2. The summed E-state index contributed by atoms with van der Waals surface area (Å²) in [6.07, 6.45) is 2.18. The number of primary amides is 1. The fourth-order valence-electron chi connectivity index (χ4n) is 1.47. The van der Waals surface area contributed by atoms with E-state index in [0.29, 0.717) is 4.47 Å². The molecule has 8 heteroatoms. The zero-order chi connectivity index (χ0) is 16.0. The lowest BCUT2D eigenvalue weighted by atomic mass is 10.2. The third kappa shape index (κ3) is 5.74. The highest BCUT2D eigenvalue weighted by Gasteiger charge is 2.16.